The predicted molar refractivity (Wildman–Crippen MR) is 144 cm³/mol. The van der Waals surface area contributed by atoms with E-state index in [1.54, 1.807) is 37.3 Å². The van der Waals surface area contributed by atoms with Crippen LogP contribution < -0.4 is 19.5 Å². The van der Waals surface area contributed by atoms with Gasteiger partial charge in [-0.05, 0) is 17.0 Å². The minimum absolute atomic E-state index is 0.190. The number of amides is 2. The highest BCUT2D eigenvalue weighted by molar-refractivity contribution is 5.88. The summed E-state index contributed by atoms with van der Waals surface area (Å²) in [6.07, 6.45) is 0.385. The van der Waals surface area contributed by atoms with Crippen LogP contribution in [0, 0.1) is 5.92 Å². The second kappa shape index (κ2) is 13.9. The van der Waals surface area contributed by atoms with Crippen LogP contribution in [0.4, 0.5) is 0 Å². The van der Waals surface area contributed by atoms with Crippen LogP contribution in [-0.4, -0.2) is 50.1 Å². The maximum Gasteiger partial charge on any atom is 0.261 e. The fourth-order valence-corrected chi connectivity index (χ4v) is 3.85. The van der Waals surface area contributed by atoms with Crippen LogP contribution in [0.25, 0.3) is 0 Å². The van der Waals surface area contributed by atoms with Gasteiger partial charge in [-0.1, -0.05) is 74.5 Å². The first-order chi connectivity index (χ1) is 17.9. The molecule has 2 amide bonds. The van der Waals surface area contributed by atoms with Gasteiger partial charge in [-0.15, -0.1) is 0 Å². The number of benzene rings is 3. The first-order valence-electron chi connectivity index (χ1n) is 12.4. The monoisotopic (exact) mass is 504 g/mol. The molecule has 37 heavy (non-hydrogen) atoms. The third-order valence-corrected chi connectivity index (χ3v) is 5.84. The molecular weight excluding hydrogens is 468 g/mol. The van der Waals surface area contributed by atoms with E-state index in [1.165, 1.54) is 0 Å². The minimum atomic E-state index is -0.711. The van der Waals surface area contributed by atoms with Crippen LogP contribution in [0.15, 0.2) is 78.9 Å². The smallest absolute Gasteiger partial charge is 0.261 e. The molecule has 1 N–H and O–H groups in total. The van der Waals surface area contributed by atoms with E-state index in [2.05, 4.69) is 5.32 Å². The van der Waals surface area contributed by atoms with E-state index in [1.807, 2.05) is 74.5 Å². The van der Waals surface area contributed by atoms with Crippen molar-refractivity contribution in [2.75, 3.05) is 27.4 Å². The molecule has 7 nitrogen and oxygen atoms in total. The summed E-state index contributed by atoms with van der Waals surface area (Å²) in [5, 5.41) is 3.02. The Labute approximate surface area is 219 Å². The standard InChI is InChI=1S/C30H36N2O5/c1-22(2)19-31-30(34)28(15-23-11-7-5-8-12-23)32(20-24-13-9-6-10-14-24)29(33)21-37-27-17-25(35-3)16-26(18-27)36-4/h5-14,16-18,22,28H,15,19-21H2,1-4H3,(H,31,34)/t28-/m1/s1. The number of hydrogen-bond donors (Lipinski definition) is 1. The summed E-state index contributed by atoms with van der Waals surface area (Å²) in [5.74, 6) is 1.34. The second-order valence-corrected chi connectivity index (χ2v) is 9.19. The molecule has 3 aromatic rings. The van der Waals surface area contributed by atoms with Crippen molar-refractivity contribution in [3.8, 4) is 17.2 Å². The van der Waals surface area contributed by atoms with Crippen molar-refractivity contribution in [3.63, 3.8) is 0 Å². The first kappa shape index (κ1) is 27.6. The predicted octanol–water partition coefficient (Wildman–Crippen LogP) is 4.49. The average Bonchev–Trinajstić information content (AvgIpc) is 2.93. The molecule has 0 bridgehead atoms. The Morgan fingerprint density at radius 3 is 1.89 bits per heavy atom. The molecule has 0 radical (unpaired) electrons. The van der Waals surface area contributed by atoms with Crippen LogP contribution in [-0.2, 0) is 22.6 Å². The minimum Gasteiger partial charge on any atom is -0.496 e. The lowest BCUT2D eigenvalue weighted by molar-refractivity contribution is -0.142. The van der Waals surface area contributed by atoms with E-state index in [4.69, 9.17) is 14.2 Å². The Morgan fingerprint density at radius 2 is 1.35 bits per heavy atom. The number of methoxy groups -OCH3 is 2. The third-order valence-electron chi connectivity index (χ3n) is 5.84. The van der Waals surface area contributed by atoms with Gasteiger partial charge in [0.2, 0.25) is 5.91 Å². The van der Waals surface area contributed by atoms with Gasteiger partial charge in [0.15, 0.2) is 6.61 Å². The zero-order valence-corrected chi connectivity index (χ0v) is 22.0. The van der Waals surface area contributed by atoms with Gasteiger partial charge in [0.25, 0.3) is 5.91 Å². The Bertz CT molecular complexity index is 1110. The number of nitrogens with one attached hydrogen (secondary N) is 1. The van der Waals surface area contributed by atoms with E-state index < -0.39 is 6.04 Å². The molecule has 3 aromatic carbocycles. The van der Waals surface area contributed by atoms with Crippen molar-refractivity contribution in [3.05, 3.63) is 90.0 Å². The van der Waals surface area contributed by atoms with Crippen LogP contribution in [0.1, 0.15) is 25.0 Å². The van der Waals surface area contributed by atoms with Crippen molar-refractivity contribution < 1.29 is 23.8 Å². The van der Waals surface area contributed by atoms with Crippen molar-refractivity contribution >= 4 is 11.8 Å². The van der Waals surface area contributed by atoms with Gasteiger partial charge < -0.3 is 24.4 Å². The van der Waals surface area contributed by atoms with Gasteiger partial charge in [0.05, 0.1) is 14.2 Å². The first-order valence-corrected chi connectivity index (χ1v) is 12.4. The van der Waals surface area contributed by atoms with Crippen LogP contribution in [0.5, 0.6) is 17.2 Å². The highest BCUT2D eigenvalue weighted by Crippen LogP contribution is 2.27. The molecule has 3 rings (SSSR count). The van der Waals surface area contributed by atoms with Gasteiger partial charge in [-0.2, -0.15) is 0 Å². The molecule has 0 unspecified atom stereocenters. The van der Waals surface area contributed by atoms with Gasteiger partial charge in [0, 0.05) is 37.7 Å². The van der Waals surface area contributed by atoms with E-state index in [0.717, 1.165) is 11.1 Å². The molecule has 7 heteroatoms. The molecule has 0 saturated heterocycles. The largest absolute Gasteiger partial charge is 0.496 e. The topological polar surface area (TPSA) is 77.1 Å². The quantitative estimate of drug-likeness (QED) is 0.371. The summed E-state index contributed by atoms with van der Waals surface area (Å²) in [6, 6.07) is 23.8. The van der Waals surface area contributed by atoms with Crippen LogP contribution in [0.3, 0.4) is 0 Å². The van der Waals surface area contributed by atoms with Crippen molar-refractivity contribution in [2.45, 2.75) is 32.9 Å². The lowest BCUT2D eigenvalue weighted by Crippen LogP contribution is -2.52. The van der Waals surface area contributed by atoms with E-state index in [-0.39, 0.29) is 30.9 Å². The third kappa shape index (κ3) is 8.56. The van der Waals surface area contributed by atoms with Crippen molar-refractivity contribution in [2.24, 2.45) is 5.92 Å². The lowest BCUT2D eigenvalue weighted by atomic mass is 10.0. The highest BCUT2D eigenvalue weighted by Gasteiger charge is 2.30. The van der Waals surface area contributed by atoms with Crippen molar-refractivity contribution in [1.82, 2.24) is 10.2 Å². The summed E-state index contributed by atoms with van der Waals surface area (Å²) >= 11 is 0. The summed E-state index contributed by atoms with van der Waals surface area (Å²) in [4.78, 5) is 28.7. The Hall–Kier alpha value is -4.00. The number of nitrogens with zero attached hydrogens (tertiary/aromatic N) is 1. The molecule has 0 heterocycles. The summed E-state index contributed by atoms with van der Waals surface area (Å²) in [6.45, 7) is 4.63. The normalized spacial score (nSPS) is 11.5. The molecule has 0 aliphatic carbocycles. The van der Waals surface area contributed by atoms with E-state index in [9.17, 15) is 9.59 Å². The molecule has 0 aliphatic heterocycles. The molecule has 0 aliphatic rings. The zero-order valence-electron chi connectivity index (χ0n) is 22.0. The summed E-state index contributed by atoms with van der Waals surface area (Å²) in [7, 11) is 3.10. The fraction of sp³-hybridized carbons (Fsp3) is 0.333. The Balaban J connectivity index is 1.89. The molecule has 1 atom stereocenters. The van der Waals surface area contributed by atoms with Gasteiger partial charge in [-0.25, -0.2) is 0 Å². The van der Waals surface area contributed by atoms with E-state index >= 15 is 0 Å². The summed E-state index contributed by atoms with van der Waals surface area (Å²) < 4.78 is 16.5. The van der Waals surface area contributed by atoms with Gasteiger partial charge in [0.1, 0.15) is 23.3 Å². The van der Waals surface area contributed by atoms with Crippen LogP contribution >= 0.6 is 0 Å². The molecule has 0 spiro atoms. The summed E-state index contributed by atoms with van der Waals surface area (Å²) in [5.41, 5.74) is 1.89. The average molecular weight is 505 g/mol. The molecule has 0 saturated carbocycles. The van der Waals surface area contributed by atoms with Crippen LogP contribution in [0.2, 0.25) is 0 Å². The fourth-order valence-electron chi connectivity index (χ4n) is 3.85. The lowest BCUT2D eigenvalue weighted by Gasteiger charge is -2.31. The van der Waals surface area contributed by atoms with E-state index in [0.29, 0.717) is 30.2 Å². The maximum absolute atomic E-state index is 13.7. The highest BCUT2D eigenvalue weighted by atomic mass is 16.5. The van der Waals surface area contributed by atoms with Gasteiger partial charge >= 0.3 is 0 Å². The Morgan fingerprint density at radius 1 is 0.811 bits per heavy atom. The zero-order chi connectivity index (χ0) is 26.6. The SMILES string of the molecule is COc1cc(OC)cc(OCC(=O)N(Cc2ccccc2)[C@H](Cc2ccccc2)C(=O)NCC(C)C)c1. The van der Waals surface area contributed by atoms with Gasteiger partial charge in [-0.3, -0.25) is 9.59 Å². The Kier molecular flexibility index (Phi) is 10.4. The van der Waals surface area contributed by atoms with Crippen molar-refractivity contribution in [1.29, 1.82) is 0 Å². The number of carbonyl (C=O) groups excluding carboxylic acids is 2. The molecule has 196 valence electrons. The molecular formula is C30H36N2O5. The molecule has 0 fully saturated rings. The number of ether oxygens (including phenoxy) is 3. The number of carbonyl (C=O) groups is 2. The maximum atomic E-state index is 13.7. The molecule has 0 aromatic heterocycles. The second-order valence-electron chi connectivity index (χ2n) is 9.19. The number of rotatable bonds is 13. The number of hydrogen-bond acceptors (Lipinski definition) is 5.